The molecule has 1 rings (SSSR count). The van der Waals surface area contributed by atoms with Gasteiger partial charge in [-0.2, -0.15) is 13.2 Å². The predicted octanol–water partition coefficient (Wildman–Crippen LogP) is -0.0432. The molecule has 0 aliphatic carbocycles. The molecule has 0 radical (unpaired) electrons. The summed E-state index contributed by atoms with van der Waals surface area (Å²) >= 11 is 0. The Balaban J connectivity index is 2.37. The monoisotopic (exact) mass is 198 g/mol. The van der Waals surface area contributed by atoms with Crippen molar-refractivity contribution in [1.82, 2.24) is 10.6 Å². The molecule has 2 N–H and O–H groups in total. The molecular formula is C6H9F3N2O2. The zero-order valence-corrected chi connectivity index (χ0v) is 6.81. The van der Waals surface area contributed by atoms with Gasteiger partial charge in [-0.15, -0.1) is 0 Å². The van der Waals surface area contributed by atoms with Crippen molar-refractivity contribution in [2.24, 2.45) is 0 Å². The predicted molar refractivity (Wildman–Crippen MR) is 36.5 cm³/mol. The molecule has 1 aliphatic rings. The van der Waals surface area contributed by atoms with Crippen LogP contribution in [-0.4, -0.2) is 31.1 Å². The molecule has 1 heterocycles. The molecular weight excluding hydrogens is 189 g/mol. The summed E-state index contributed by atoms with van der Waals surface area (Å²) in [6, 6.07) is 0. The second kappa shape index (κ2) is 3.51. The molecule has 7 heteroatoms. The van der Waals surface area contributed by atoms with Gasteiger partial charge in [0.15, 0.2) is 0 Å². The van der Waals surface area contributed by atoms with E-state index in [1.165, 1.54) is 0 Å². The summed E-state index contributed by atoms with van der Waals surface area (Å²) in [5.74, 6) is -1.98. The third-order valence-corrected chi connectivity index (χ3v) is 1.51. The van der Waals surface area contributed by atoms with E-state index in [9.17, 15) is 18.0 Å². The van der Waals surface area contributed by atoms with E-state index >= 15 is 0 Å². The number of halogens is 3. The molecule has 2 atom stereocenters. The first-order valence-corrected chi connectivity index (χ1v) is 3.66. The Morgan fingerprint density at radius 2 is 2.23 bits per heavy atom. The van der Waals surface area contributed by atoms with E-state index in [0.717, 1.165) is 0 Å². The van der Waals surface area contributed by atoms with Crippen molar-refractivity contribution in [3.8, 4) is 0 Å². The summed E-state index contributed by atoms with van der Waals surface area (Å²) in [6.07, 6.45) is -6.09. The largest absolute Gasteiger partial charge is 0.471 e. The van der Waals surface area contributed by atoms with Gasteiger partial charge in [0.2, 0.25) is 0 Å². The molecule has 0 aromatic carbocycles. The maximum Gasteiger partial charge on any atom is 0.471 e. The van der Waals surface area contributed by atoms with Crippen LogP contribution in [0.5, 0.6) is 0 Å². The van der Waals surface area contributed by atoms with Gasteiger partial charge in [-0.25, -0.2) is 0 Å². The van der Waals surface area contributed by atoms with Gasteiger partial charge in [-0.1, -0.05) is 0 Å². The summed E-state index contributed by atoms with van der Waals surface area (Å²) in [5, 5.41) is 4.42. The fourth-order valence-corrected chi connectivity index (χ4v) is 0.929. The Morgan fingerprint density at radius 3 is 2.62 bits per heavy atom. The van der Waals surface area contributed by atoms with Gasteiger partial charge < -0.3 is 10.1 Å². The Labute approximate surface area is 72.4 Å². The molecule has 0 saturated carbocycles. The van der Waals surface area contributed by atoms with Crippen molar-refractivity contribution in [1.29, 1.82) is 0 Å². The molecule has 1 unspecified atom stereocenters. The molecule has 76 valence electrons. The van der Waals surface area contributed by atoms with E-state index in [1.807, 2.05) is 0 Å². The van der Waals surface area contributed by atoms with Crippen LogP contribution in [0, 0.1) is 0 Å². The maximum atomic E-state index is 11.7. The fourth-order valence-electron chi connectivity index (χ4n) is 0.929. The highest BCUT2D eigenvalue weighted by Gasteiger charge is 2.40. The number of hydrogen-bond acceptors (Lipinski definition) is 3. The molecule has 0 bridgehead atoms. The molecule has 4 nitrogen and oxygen atoms in total. The highest BCUT2D eigenvalue weighted by Crippen LogP contribution is 2.15. The number of ether oxygens (including phenoxy) is 1. The third-order valence-electron chi connectivity index (χ3n) is 1.51. The number of nitrogens with one attached hydrogen (secondary N) is 2. The highest BCUT2D eigenvalue weighted by molar-refractivity contribution is 5.81. The summed E-state index contributed by atoms with van der Waals surface area (Å²) < 4.78 is 40.0. The molecule has 1 aliphatic heterocycles. The summed E-state index contributed by atoms with van der Waals surface area (Å²) in [5.41, 5.74) is 0. The van der Waals surface area contributed by atoms with E-state index in [4.69, 9.17) is 4.74 Å². The maximum absolute atomic E-state index is 11.7. The van der Waals surface area contributed by atoms with Crippen LogP contribution in [-0.2, 0) is 9.53 Å². The zero-order chi connectivity index (χ0) is 10.1. The van der Waals surface area contributed by atoms with Crippen molar-refractivity contribution in [3.05, 3.63) is 0 Å². The smallest absolute Gasteiger partial charge is 0.339 e. The van der Waals surface area contributed by atoms with Gasteiger partial charge in [0, 0.05) is 6.54 Å². The molecule has 1 saturated heterocycles. The van der Waals surface area contributed by atoms with Crippen LogP contribution in [0.3, 0.4) is 0 Å². The average molecular weight is 198 g/mol. The number of alkyl halides is 3. The number of rotatable bonds is 1. The van der Waals surface area contributed by atoms with Crippen LogP contribution in [0.1, 0.15) is 6.92 Å². The summed E-state index contributed by atoms with van der Waals surface area (Å²) in [4.78, 5) is 10.4. The van der Waals surface area contributed by atoms with E-state index in [0.29, 0.717) is 0 Å². The molecule has 1 amide bonds. The van der Waals surface area contributed by atoms with Crippen LogP contribution in [0.4, 0.5) is 13.2 Å². The quantitative estimate of drug-likeness (QED) is 0.621. The van der Waals surface area contributed by atoms with Gasteiger partial charge >= 0.3 is 12.1 Å². The van der Waals surface area contributed by atoms with Gasteiger partial charge in [-0.05, 0) is 6.92 Å². The zero-order valence-electron chi connectivity index (χ0n) is 6.81. The minimum absolute atomic E-state index is 0.184. The van der Waals surface area contributed by atoms with Crippen LogP contribution < -0.4 is 10.6 Å². The number of amides is 1. The second-order valence-electron chi connectivity index (χ2n) is 2.65. The lowest BCUT2D eigenvalue weighted by atomic mass is 10.5. The average Bonchev–Trinajstić information content (AvgIpc) is 2.33. The second-order valence-corrected chi connectivity index (χ2v) is 2.65. The normalized spacial score (nSPS) is 28.9. The number of hydrogen-bond donors (Lipinski definition) is 2. The van der Waals surface area contributed by atoms with Crippen molar-refractivity contribution >= 4 is 5.91 Å². The third kappa shape index (κ3) is 2.85. The minimum Gasteiger partial charge on any atom is -0.339 e. The first kappa shape index (κ1) is 10.3. The summed E-state index contributed by atoms with van der Waals surface area (Å²) in [6.45, 7) is 1.82. The Hall–Kier alpha value is -0.820. The topological polar surface area (TPSA) is 50.4 Å². The Kier molecular flexibility index (Phi) is 2.77. The SMILES string of the molecule is C[C@H]1NCC(NC(=O)C(F)(F)F)O1. The standard InChI is InChI=1S/C6H9F3N2O2/c1-3-10-2-4(13-3)11-5(12)6(7,8)9/h3-4,10H,2H2,1H3,(H,11,12)/t3-,4?/m0/s1. The van der Waals surface area contributed by atoms with E-state index in [2.05, 4.69) is 5.32 Å². The van der Waals surface area contributed by atoms with Gasteiger partial charge in [0.25, 0.3) is 0 Å². The van der Waals surface area contributed by atoms with Crippen LogP contribution in [0.25, 0.3) is 0 Å². The summed E-state index contributed by atoms with van der Waals surface area (Å²) in [7, 11) is 0. The molecule has 0 spiro atoms. The lowest BCUT2D eigenvalue weighted by Crippen LogP contribution is -2.44. The number of carbonyl (C=O) groups excluding carboxylic acids is 1. The van der Waals surface area contributed by atoms with E-state index in [1.54, 1.807) is 12.2 Å². The van der Waals surface area contributed by atoms with Gasteiger partial charge in [-0.3, -0.25) is 10.1 Å². The molecule has 0 aromatic rings. The highest BCUT2D eigenvalue weighted by atomic mass is 19.4. The lowest BCUT2D eigenvalue weighted by molar-refractivity contribution is -0.177. The van der Waals surface area contributed by atoms with Crippen molar-refractivity contribution < 1.29 is 22.7 Å². The van der Waals surface area contributed by atoms with E-state index < -0.39 is 18.3 Å². The molecule has 1 fully saturated rings. The Morgan fingerprint density at radius 1 is 1.62 bits per heavy atom. The van der Waals surface area contributed by atoms with Crippen LogP contribution in [0.2, 0.25) is 0 Å². The minimum atomic E-state index is -4.85. The van der Waals surface area contributed by atoms with Crippen molar-refractivity contribution in [3.63, 3.8) is 0 Å². The van der Waals surface area contributed by atoms with Crippen LogP contribution >= 0.6 is 0 Å². The van der Waals surface area contributed by atoms with Crippen molar-refractivity contribution in [2.45, 2.75) is 25.6 Å². The molecule has 13 heavy (non-hydrogen) atoms. The van der Waals surface area contributed by atoms with Crippen molar-refractivity contribution in [2.75, 3.05) is 6.54 Å². The molecule has 0 aromatic heterocycles. The van der Waals surface area contributed by atoms with Crippen LogP contribution in [0.15, 0.2) is 0 Å². The van der Waals surface area contributed by atoms with Gasteiger partial charge in [0.05, 0.1) is 0 Å². The first-order valence-electron chi connectivity index (χ1n) is 3.66. The van der Waals surface area contributed by atoms with Gasteiger partial charge in [0.1, 0.15) is 12.5 Å². The Bertz CT molecular complexity index is 207. The van der Waals surface area contributed by atoms with E-state index in [-0.39, 0.29) is 12.8 Å². The fraction of sp³-hybridized carbons (Fsp3) is 0.833. The first-order chi connectivity index (χ1) is 5.89. The lowest BCUT2D eigenvalue weighted by Gasteiger charge is -2.13. The number of carbonyl (C=O) groups is 1.